The number of aryl methyl sites for hydroxylation is 1. The van der Waals surface area contributed by atoms with Crippen molar-refractivity contribution in [1.82, 2.24) is 5.43 Å². The molecule has 0 saturated carbocycles. The average Bonchev–Trinajstić information content (AvgIpc) is 2.50. The van der Waals surface area contributed by atoms with Gasteiger partial charge >= 0.3 is 6.03 Å². The van der Waals surface area contributed by atoms with Gasteiger partial charge in [-0.1, -0.05) is 35.5 Å². The van der Waals surface area contributed by atoms with Gasteiger partial charge in [-0.2, -0.15) is 5.10 Å². The quantitative estimate of drug-likeness (QED) is 0.498. The average molecular weight is 330 g/mol. The Morgan fingerprint density at radius 1 is 1.30 bits per heavy atom. The first-order valence-corrected chi connectivity index (χ1v) is 7.39. The predicted molar refractivity (Wildman–Crippen MR) is 88.7 cm³/mol. The van der Waals surface area contributed by atoms with Gasteiger partial charge in [-0.05, 0) is 25.1 Å². The molecule has 3 N–H and O–H groups in total. The normalized spacial score (nSPS) is 10.7. The minimum atomic E-state index is -0.803. The van der Waals surface area contributed by atoms with Crippen molar-refractivity contribution in [2.45, 2.75) is 16.7 Å². The number of hydrogen-bond donors (Lipinski definition) is 2. The van der Waals surface area contributed by atoms with Gasteiger partial charge in [0.1, 0.15) is 0 Å². The van der Waals surface area contributed by atoms with Crippen LogP contribution in [-0.2, 0) is 0 Å². The first-order valence-electron chi connectivity index (χ1n) is 6.57. The third kappa shape index (κ3) is 4.82. The Hall–Kier alpha value is -2.87. The topological polar surface area (TPSA) is 111 Å². The lowest BCUT2D eigenvalue weighted by atomic mass is 10.2. The number of nitrogens with zero attached hydrogens (tertiary/aromatic N) is 2. The number of nitro benzene ring substituents is 1. The second kappa shape index (κ2) is 7.41. The number of hydrazone groups is 1. The van der Waals surface area contributed by atoms with Crippen molar-refractivity contribution in [3.05, 3.63) is 63.7 Å². The molecule has 0 heterocycles. The van der Waals surface area contributed by atoms with Crippen LogP contribution in [0.5, 0.6) is 0 Å². The molecule has 0 atom stereocenters. The van der Waals surface area contributed by atoms with Crippen LogP contribution < -0.4 is 11.2 Å². The summed E-state index contributed by atoms with van der Waals surface area (Å²) in [5.74, 6) is 0. The summed E-state index contributed by atoms with van der Waals surface area (Å²) in [5, 5.41) is 14.8. The predicted octanol–water partition coefficient (Wildman–Crippen LogP) is 3.06. The molecule has 0 radical (unpaired) electrons. The molecule has 0 fully saturated rings. The summed E-state index contributed by atoms with van der Waals surface area (Å²) in [6.45, 7) is 1.98. The third-order valence-corrected chi connectivity index (χ3v) is 3.89. The van der Waals surface area contributed by atoms with Crippen molar-refractivity contribution in [2.24, 2.45) is 10.8 Å². The highest BCUT2D eigenvalue weighted by molar-refractivity contribution is 7.99. The summed E-state index contributed by atoms with van der Waals surface area (Å²) < 4.78 is 0. The van der Waals surface area contributed by atoms with Gasteiger partial charge in [-0.15, -0.1) is 0 Å². The van der Waals surface area contributed by atoms with Crippen LogP contribution in [-0.4, -0.2) is 17.2 Å². The summed E-state index contributed by atoms with van der Waals surface area (Å²) in [5.41, 5.74) is 8.49. The highest BCUT2D eigenvalue weighted by Gasteiger charge is 2.15. The molecule has 0 bridgehead atoms. The molecule has 23 heavy (non-hydrogen) atoms. The minimum absolute atomic E-state index is 0.0291. The minimum Gasteiger partial charge on any atom is -0.350 e. The van der Waals surface area contributed by atoms with E-state index >= 15 is 0 Å². The Balaban J connectivity index is 2.25. The molecule has 0 aromatic heterocycles. The van der Waals surface area contributed by atoms with Crippen LogP contribution in [0.1, 0.15) is 11.1 Å². The molecular formula is C15H14N4O3S. The second-order valence-electron chi connectivity index (χ2n) is 4.63. The van der Waals surface area contributed by atoms with E-state index in [0.717, 1.165) is 10.5 Å². The van der Waals surface area contributed by atoms with E-state index in [0.29, 0.717) is 10.5 Å². The number of carbonyl (C=O) groups is 1. The molecule has 8 heteroatoms. The Labute approximate surface area is 136 Å². The van der Waals surface area contributed by atoms with Gasteiger partial charge < -0.3 is 5.73 Å². The van der Waals surface area contributed by atoms with Crippen molar-refractivity contribution < 1.29 is 9.72 Å². The number of nitro groups is 1. The molecule has 2 rings (SSSR count). The highest BCUT2D eigenvalue weighted by atomic mass is 32.2. The summed E-state index contributed by atoms with van der Waals surface area (Å²) in [6, 6.07) is 11.6. The fourth-order valence-corrected chi connectivity index (χ4v) is 2.65. The van der Waals surface area contributed by atoms with Crippen LogP contribution in [0.25, 0.3) is 0 Å². The second-order valence-corrected chi connectivity index (χ2v) is 5.75. The molecule has 2 aromatic rings. The monoisotopic (exact) mass is 330 g/mol. The van der Waals surface area contributed by atoms with Crippen molar-refractivity contribution in [1.29, 1.82) is 0 Å². The van der Waals surface area contributed by atoms with E-state index in [1.54, 1.807) is 12.1 Å². The van der Waals surface area contributed by atoms with Gasteiger partial charge in [0.2, 0.25) is 0 Å². The van der Waals surface area contributed by atoms with E-state index in [9.17, 15) is 14.9 Å². The van der Waals surface area contributed by atoms with E-state index < -0.39 is 11.0 Å². The van der Waals surface area contributed by atoms with E-state index in [1.165, 1.54) is 24.0 Å². The molecule has 0 spiro atoms. The lowest BCUT2D eigenvalue weighted by Crippen LogP contribution is -2.24. The number of hydrogen-bond acceptors (Lipinski definition) is 5. The summed E-state index contributed by atoms with van der Waals surface area (Å²) >= 11 is 1.31. The highest BCUT2D eigenvalue weighted by Crippen LogP contribution is 2.35. The zero-order valence-corrected chi connectivity index (χ0v) is 13.0. The lowest BCUT2D eigenvalue weighted by molar-refractivity contribution is -0.387. The van der Waals surface area contributed by atoms with Crippen LogP contribution in [0.3, 0.4) is 0 Å². The van der Waals surface area contributed by atoms with Crippen LogP contribution in [0, 0.1) is 17.0 Å². The smallest absolute Gasteiger partial charge is 0.332 e. The summed E-state index contributed by atoms with van der Waals surface area (Å²) in [4.78, 5) is 22.8. The van der Waals surface area contributed by atoms with E-state index in [1.807, 2.05) is 36.6 Å². The number of amides is 2. The number of carbonyl (C=O) groups excluding carboxylic acids is 1. The SMILES string of the molecule is Cc1ccc(Sc2ccc(/C=N\NC(N)=O)cc2[N+](=O)[O-])cc1. The third-order valence-electron chi connectivity index (χ3n) is 2.82. The van der Waals surface area contributed by atoms with Gasteiger partial charge in [-0.25, -0.2) is 10.2 Å². The van der Waals surface area contributed by atoms with Crippen LogP contribution >= 0.6 is 11.8 Å². The fourth-order valence-electron chi connectivity index (χ4n) is 1.75. The van der Waals surface area contributed by atoms with Crippen LogP contribution in [0.2, 0.25) is 0 Å². The fraction of sp³-hybridized carbons (Fsp3) is 0.0667. The van der Waals surface area contributed by atoms with Crippen LogP contribution in [0.15, 0.2) is 57.4 Å². The standard InChI is InChI=1S/C15H14N4O3S/c1-10-2-5-12(6-3-10)23-14-7-4-11(8-13(14)19(21)22)9-17-18-15(16)20/h2-9H,1H3,(H3,16,18,20)/b17-9-. The zero-order valence-electron chi connectivity index (χ0n) is 12.2. The molecule has 0 aliphatic carbocycles. The van der Waals surface area contributed by atoms with Gasteiger partial charge in [-0.3, -0.25) is 10.1 Å². The Morgan fingerprint density at radius 2 is 2.00 bits per heavy atom. The first-order chi connectivity index (χ1) is 11.0. The molecule has 2 amide bonds. The Kier molecular flexibility index (Phi) is 5.32. The van der Waals surface area contributed by atoms with Crippen molar-refractivity contribution in [2.75, 3.05) is 0 Å². The maximum atomic E-state index is 11.3. The Bertz CT molecular complexity index is 760. The van der Waals surface area contributed by atoms with Crippen molar-refractivity contribution in [3.63, 3.8) is 0 Å². The molecule has 0 aliphatic rings. The number of rotatable bonds is 5. The number of nitrogens with one attached hydrogen (secondary N) is 1. The van der Waals surface area contributed by atoms with E-state index in [4.69, 9.17) is 5.73 Å². The number of benzene rings is 2. The maximum Gasteiger partial charge on any atom is 0.332 e. The van der Waals surface area contributed by atoms with Gasteiger partial charge in [0.25, 0.3) is 5.69 Å². The Morgan fingerprint density at radius 3 is 2.61 bits per heavy atom. The summed E-state index contributed by atoms with van der Waals surface area (Å²) in [6.07, 6.45) is 1.29. The first kappa shape index (κ1) is 16.5. The van der Waals surface area contributed by atoms with Crippen molar-refractivity contribution >= 4 is 29.7 Å². The number of urea groups is 1. The molecule has 7 nitrogen and oxygen atoms in total. The molecule has 0 saturated heterocycles. The number of nitrogens with two attached hydrogens (primary N) is 1. The van der Waals surface area contributed by atoms with Gasteiger partial charge in [0.05, 0.1) is 16.0 Å². The molecule has 0 aliphatic heterocycles. The number of primary amides is 1. The largest absolute Gasteiger partial charge is 0.350 e. The lowest BCUT2D eigenvalue weighted by Gasteiger charge is -2.04. The van der Waals surface area contributed by atoms with Gasteiger partial charge in [0.15, 0.2) is 0 Å². The maximum absolute atomic E-state index is 11.3. The van der Waals surface area contributed by atoms with Crippen LogP contribution in [0.4, 0.5) is 10.5 Å². The molecule has 0 unspecified atom stereocenters. The van der Waals surface area contributed by atoms with Gasteiger partial charge in [0, 0.05) is 16.5 Å². The van der Waals surface area contributed by atoms with E-state index in [-0.39, 0.29) is 5.69 Å². The van der Waals surface area contributed by atoms with E-state index in [2.05, 4.69) is 5.10 Å². The molecule has 118 valence electrons. The molecule has 2 aromatic carbocycles. The zero-order chi connectivity index (χ0) is 16.8. The molecular weight excluding hydrogens is 316 g/mol. The van der Waals surface area contributed by atoms with Crippen molar-refractivity contribution in [3.8, 4) is 0 Å². The summed E-state index contributed by atoms with van der Waals surface area (Å²) in [7, 11) is 0.